The molecule has 6 nitrogen and oxygen atoms in total. The number of methoxy groups -OCH3 is 1. The van der Waals surface area contributed by atoms with Crippen LogP contribution in [-0.2, 0) is 14.3 Å². The maximum Gasteiger partial charge on any atom is 0.328 e. The van der Waals surface area contributed by atoms with E-state index in [1.165, 1.54) is 14.0 Å². The van der Waals surface area contributed by atoms with E-state index in [0.29, 0.717) is 10.6 Å². The van der Waals surface area contributed by atoms with Gasteiger partial charge in [0.05, 0.1) is 13.7 Å². The van der Waals surface area contributed by atoms with E-state index in [4.69, 9.17) is 11.6 Å². The Morgan fingerprint density at radius 3 is 2.40 bits per heavy atom. The number of carbonyl (C=O) groups excluding carboxylic acids is 3. The third kappa shape index (κ3) is 4.89. The molecule has 0 fully saturated rings. The van der Waals surface area contributed by atoms with Crippen molar-refractivity contribution in [2.24, 2.45) is 0 Å². The minimum absolute atomic E-state index is 0.233. The fourth-order valence-corrected chi connectivity index (χ4v) is 1.52. The van der Waals surface area contributed by atoms with Gasteiger partial charge in [-0.25, -0.2) is 4.79 Å². The van der Waals surface area contributed by atoms with E-state index >= 15 is 0 Å². The number of benzene rings is 1. The average Bonchev–Trinajstić information content (AvgIpc) is 2.44. The first kappa shape index (κ1) is 16.0. The summed E-state index contributed by atoms with van der Waals surface area (Å²) in [6.45, 7) is 1.26. The van der Waals surface area contributed by atoms with Crippen molar-refractivity contribution >= 4 is 29.4 Å². The van der Waals surface area contributed by atoms with Crippen LogP contribution in [0.5, 0.6) is 0 Å². The zero-order chi connectivity index (χ0) is 15.1. The van der Waals surface area contributed by atoms with E-state index in [9.17, 15) is 14.4 Å². The Bertz CT molecular complexity index is 502. The van der Waals surface area contributed by atoms with Crippen LogP contribution in [0.15, 0.2) is 24.3 Å². The summed E-state index contributed by atoms with van der Waals surface area (Å²) in [5, 5.41) is 5.35. The molecular weight excluding hydrogens is 284 g/mol. The zero-order valence-electron chi connectivity index (χ0n) is 11.1. The highest BCUT2D eigenvalue weighted by Crippen LogP contribution is 2.09. The molecule has 0 aliphatic rings. The van der Waals surface area contributed by atoms with Gasteiger partial charge >= 0.3 is 5.97 Å². The monoisotopic (exact) mass is 298 g/mol. The van der Waals surface area contributed by atoms with Gasteiger partial charge in [0.1, 0.15) is 6.04 Å². The summed E-state index contributed by atoms with van der Waals surface area (Å²) in [5.41, 5.74) is 0.392. The summed E-state index contributed by atoms with van der Waals surface area (Å²) < 4.78 is 4.47. The van der Waals surface area contributed by atoms with Crippen molar-refractivity contribution < 1.29 is 19.1 Å². The SMILES string of the molecule is COC(=O)C(C)NC(=O)CNC(=O)c1ccc(Cl)cc1. The standard InChI is InChI=1S/C13H15ClN2O4/c1-8(13(19)20-2)16-11(17)7-15-12(18)9-3-5-10(14)6-4-9/h3-6,8H,7H2,1-2H3,(H,15,18)(H,16,17). The van der Waals surface area contributed by atoms with Gasteiger partial charge in [-0.3, -0.25) is 9.59 Å². The molecule has 0 bridgehead atoms. The van der Waals surface area contributed by atoms with Gasteiger partial charge in [-0.05, 0) is 31.2 Å². The molecule has 1 rings (SSSR count). The highest BCUT2D eigenvalue weighted by molar-refractivity contribution is 6.30. The van der Waals surface area contributed by atoms with E-state index in [-0.39, 0.29) is 6.54 Å². The van der Waals surface area contributed by atoms with Crippen LogP contribution >= 0.6 is 11.6 Å². The Morgan fingerprint density at radius 2 is 1.85 bits per heavy atom. The van der Waals surface area contributed by atoms with Crippen molar-refractivity contribution in [2.75, 3.05) is 13.7 Å². The summed E-state index contributed by atoms with van der Waals surface area (Å²) in [6, 6.07) is 5.49. The number of carbonyl (C=O) groups is 3. The Morgan fingerprint density at radius 1 is 1.25 bits per heavy atom. The first-order valence-corrected chi connectivity index (χ1v) is 6.22. The maximum absolute atomic E-state index is 11.7. The van der Waals surface area contributed by atoms with Crippen molar-refractivity contribution in [3.8, 4) is 0 Å². The van der Waals surface area contributed by atoms with Crippen molar-refractivity contribution in [1.82, 2.24) is 10.6 Å². The number of esters is 1. The molecule has 1 aromatic rings. The van der Waals surface area contributed by atoms with Crippen molar-refractivity contribution in [2.45, 2.75) is 13.0 Å². The normalized spacial score (nSPS) is 11.3. The molecule has 1 unspecified atom stereocenters. The fraction of sp³-hybridized carbons (Fsp3) is 0.308. The van der Waals surface area contributed by atoms with Crippen LogP contribution in [0, 0.1) is 0 Å². The number of amides is 2. The van der Waals surface area contributed by atoms with Gasteiger partial charge in [-0.1, -0.05) is 11.6 Å². The topological polar surface area (TPSA) is 84.5 Å². The lowest BCUT2D eigenvalue weighted by Gasteiger charge is -2.11. The van der Waals surface area contributed by atoms with Crippen LogP contribution in [0.25, 0.3) is 0 Å². The summed E-state index contributed by atoms with van der Waals surface area (Å²) in [7, 11) is 1.23. The number of halogens is 1. The molecule has 108 valence electrons. The second-order valence-corrected chi connectivity index (χ2v) is 4.44. The van der Waals surface area contributed by atoms with Crippen molar-refractivity contribution in [1.29, 1.82) is 0 Å². The molecule has 7 heteroatoms. The molecule has 20 heavy (non-hydrogen) atoms. The number of rotatable bonds is 5. The molecule has 0 spiro atoms. The van der Waals surface area contributed by atoms with E-state index in [0.717, 1.165) is 0 Å². The zero-order valence-corrected chi connectivity index (χ0v) is 11.9. The van der Waals surface area contributed by atoms with Crippen LogP contribution < -0.4 is 10.6 Å². The summed E-state index contributed by atoms with van der Waals surface area (Å²) >= 11 is 5.70. The lowest BCUT2D eigenvalue weighted by molar-refractivity contribution is -0.144. The summed E-state index contributed by atoms with van der Waals surface area (Å²) in [5.74, 6) is -1.44. The maximum atomic E-state index is 11.7. The highest BCUT2D eigenvalue weighted by atomic mass is 35.5. The Balaban J connectivity index is 2.43. The number of ether oxygens (including phenoxy) is 1. The fourth-order valence-electron chi connectivity index (χ4n) is 1.39. The van der Waals surface area contributed by atoms with Crippen LogP contribution in [-0.4, -0.2) is 37.5 Å². The Hall–Kier alpha value is -2.08. The van der Waals surface area contributed by atoms with Crippen LogP contribution in [0.2, 0.25) is 5.02 Å². The molecule has 2 amide bonds. The third-order valence-corrected chi connectivity index (χ3v) is 2.70. The lowest BCUT2D eigenvalue weighted by atomic mass is 10.2. The smallest absolute Gasteiger partial charge is 0.328 e. The Labute approximate surface area is 121 Å². The molecule has 0 radical (unpaired) electrons. The second kappa shape index (κ2) is 7.49. The molecule has 2 N–H and O–H groups in total. The first-order valence-electron chi connectivity index (χ1n) is 5.85. The minimum atomic E-state index is -0.764. The highest BCUT2D eigenvalue weighted by Gasteiger charge is 2.16. The summed E-state index contributed by atoms with van der Waals surface area (Å²) in [6.07, 6.45) is 0. The van der Waals surface area contributed by atoms with Gasteiger partial charge < -0.3 is 15.4 Å². The van der Waals surface area contributed by atoms with Gasteiger partial charge in [0.15, 0.2) is 0 Å². The number of hydrogen-bond acceptors (Lipinski definition) is 4. The largest absolute Gasteiger partial charge is 0.467 e. The van der Waals surface area contributed by atoms with E-state index in [1.54, 1.807) is 24.3 Å². The van der Waals surface area contributed by atoms with Gasteiger partial charge in [-0.2, -0.15) is 0 Å². The van der Waals surface area contributed by atoms with Crippen LogP contribution in [0.3, 0.4) is 0 Å². The minimum Gasteiger partial charge on any atom is -0.467 e. The summed E-state index contributed by atoms with van der Waals surface area (Å²) in [4.78, 5) is 34.3. The quantitative estimate of drug-likeness (QED) is 0.786. The molecular formula is C13H15ClN2O4. The third-order valence-electron chi connectivity index (χ3n) is 2.45. The molecule has 0 aromatic heterocycles. The Kier molecular flexibility index (Phi) is 5.99. The molecule has 0 saturated heterocycles. The number of hydrogen-bond donors (Lipinski definition) is 2. The predicted octanol–water partition coefficient (Wildman–Crippen LogP) is 0.748. The number of nitrogens with one attached hydrogen (secondary N) is 2. The van der Waals surface area contributed by atoms with E-state index in [2.05, 4.69) is 15.4 Å². The van der Waals surface area contributed by atoms with Gasteiger partial charge in [-0.15, -0.1) is 0 Å². The lowest BCUT2D eigenvalue weighted by Crippen LogP contribution is -2.44. The molecule has 1 aromatic carbocycles. The van der Waals surface area contributed by atoms with Crippen LogP contribution in [0.1, 0.15) is 17.3 Å². The first-order chi connectivity index (χ1) is 9.43. The predicted molar refractivity (Wildman–Crippen MR) is 73.4 cm³/mol. The van der Waals surface area contributed by atoms with Crippen molar-refractivity contribution in [3.05, 3.63) is 34.9 Å². The molecule has 0 aliphatic carbocycles. The molecule has 1 atom stereocenters. The van der Waals surface area contributed by atoms with Gasteiger partial charge in [0, 0.05) is 10.6 Å². The van der Waals surface area contributed by atoms with E-state index in [1.807, 2.05) is 0 Å². The van der Waals surface area contributed by atoms with Crippen molar-refractivity contribution in [3.63, 3.8) is 0 Å². The van der Waals surface area contributed by atoms with Crippen LogP contribution in [0.4, 0.5) is 0 Å². The van der Waals surface area contributed by atoms with Gasteiger partial charge in [0.2, 0.25) is 5.91 Å². The molecule has 0 saturated carbocycles. The molecule has 0 heterocycles. The van der Waals surface area contributed by atoms with Gasteiger partial charge in [0.25, 0.3) is 5.91 Å². The average molecular weight is 299 g/mol. The molecule has 0 aliphatic heterocycles. The second-order valence-electron chi connectivity index (χ2n) is 4.00. The van der Waals surface area contributed by atoms with E-state index < -0.39 is 23.8 Å².